The first-order valence-electron chi connectivity index (χ1n) is 7.43. The van der Waals surface area contributed by atoms with Gasteiger partial charge in [0.1, 0.15) is 0 Å². The zero-order chi connectivity index (χ0) is 15.0. The fraction of sp³-hybridized carbons (Fsp3) is 0.500. The molecule has 1 saturated carbocycles. The number of hydrogen-bond donors (Lipinski definition) is 3. The van der Waals surface area contributed by atoms with Crippen molar-refractivity contribution in [1.29, 1.82) is 0 Å². The minimum atomic E-state index is -1.03. The number of carboxylic acid groups (broad SMARTS) is 1. The molecule has 0 atom stereocenters. The summed E-state index contributed by atoms with van der Waals surface area (Å²) in [5.41, 5.74) is 0.806. The molecule has 1 aromatic carbocycles. The van der Waals surface area contributed by atoms with E-state index >= 15 is 0 Å². The molecule has 1 heterocycles. The Morgan fingerprint density at radius 2 is 2.05 bits per heavy atom. The van der Waals surface area contributed by atoms with Gasteiger partial charge in [0, 0.05) is 6.54 Å². The third-order valence-corrected chi connectivity index (χ3v) is 4.86. The van der Waals surface area contributed by atoms with Crippen LogP contribution in [0.15, 0.2) is 18.2 Å². The Hall–Kier alpha value is -2.04. The van der Waals surface area contributed by atoms with Gasteiger partial charge in [-0.15, -0.1) is 0 Å². The maximum atomic E-state index is 12.7. The molecule has 21 heavy (non-hydrogen) atoms. The van der Waals surface area contributed by atoms with Crippen LogP contribution in [-0.2, 0) is 4.79 Å². The summed E-state index contributed by atoms with van der Waals surface area (Å²) >= 11 is 0. The van der Waals surface area contributed by atoms with Crippen molar-refractivity contribution in [2.75, 3.05) is 17.2 Å². The van der Waals surface area contributed by atoms with Crippen LogP contribution in [0.5, 0.6) is 0 Å². The van der Waals surface area contributed by atoms with Crippen LogP contribution < -0.4 is 10.6 Å². The van der Waals surface area contributed by atoms with Crippen molar-refractivity contribution in [3.05, 3.63) is 23.8 Å². The summed E-state index contributed by atoms with van der Waals surface area (Å²) < 4.78 is 0. The second kappa shape index (κ2) is 5.06. The molecule has 1 spiro atoms. The summed E-state index contributed by atoms with van der Waals surface area (Å²) in [6, 6.07) is 5.03. The number of amides is 1. The number of hydrogen-bond acceptors (Lipinski definition) is 3. The number of benzene rings is 1. The first-order valence-corrected chi connectivity index (χ1v) is 7.43. The SMILES string of the molecule is CC1CCC2(CC1)CNc1cccc(C(=O)O)c1NC2=O. The van der Waals surface area contributed by atoms with Gasteiger partial charge in [-0.25, -0.2) is 4.79 Å². The average molecular weight is 288 g/mol. The van der Waals surface area contributed by atoms with Crippen LogP contribution in [0.25, 0.3) is 0 Å². The minimum absolute atomic E-state index is 0.0469. The molecule has 0 radical (unpaired) electrons. The Bertz CT molecular complexity index is 589. The van der Waals surface area contributed by atoms with Gasteiger partial charge in [0.2, 0.25) is 5.91 Å². The number of fused-ring (bicyclic) bond motifs is 1. The number of rotatable bonds is 1. The molecule has 1 amide bonds. The molecule has 1 fully saturated rings. The number of carboxylic acids is 1. The largest absolute Gasteiger partial charge is 0.478 e. The summed E-state index contributed by atoms with van der Waals surface area (Å²) in [5.74, 6) is -0.417. The quantitative estimate of drug-likeness (QED) is 0.742. The Balaban J connectivity index is 1.94. The molecule has 0 saturated heterocycles. The lowest BCUT2D eigenvalue weighted by Crippen LogP contribution is -2.42. The highest BCUT2D eigenvalue weighted by molar-refractivity contribution is 6.07. The smallest absolute Gasteiger partial charge is 0.337 e. The number of aromatic carboxylic acids is 1. The van der Waals surface area contributed by atoms with Crippen LogP contribution in [0, 0.1) is 11.3 Å². The standard InChI is InChI=1S/C16H20N2O3/c1-10-5-7-16(8-6-10)9-17-12-4-2-3-11(14(19)20)13(12)18-15(16)21/h2-4,10,17H,5-9H2,1H3,(H,18,21)(H,19,20). The van der Waals surface area contributed by atoms with Gasteiger partial charge in [-0.05, 0) is 43.7 Å². The van der Waals surface area contributed by atoms with E-state index in [0.717, 1.165) is 25.7 Å². The van der Waals surface area contributed by atoms with Gasteiger partial charge in [0.05, 0.1) is 22.4 Å². The van der Waals surface area contributed by atoms with Gasteiger partial charge < -0.3 is 15.7 Å². The highest BCUT2D eigenvalue weighted by Crippen LogP contribution is 2.43. The van der Waals surface area contributed by atoms with Gasteiger partial charge in [0.25, 0.3) is 0 Å². The number of nitrogens with one attached hydrogen (secondary N) is 2. The zero-order valence-electron chi connectivity index (χ0n) is 12.1. The molecule has 1 aliphatic heterocycles. The molecular weight excluding hydrogens is 268 g/mol. The number of anilines is 2. The summed E-state index contributed by atoms with van der Waals surface area (Å²) in [5, 5.41) is 15.4. The molecule has 5 nitrogen and oxygen atoms in total. The van der Waals surface area contributed by atoms with E-state index < -0.39 is 11.4 Å². The predicted molar refractivity (Wildman–Crippen MR) is 80.6 cm³/mol. The Labute approximate surface area is 123 Å². The van der Waals surface area contributed by atoms with E-state index in [0.29, 0.717) is 23.8 Å². The van der Waals surface area contributed by atoms with Gasteiger partial charge in [-0.3, -0.25) is 4.79 Å². The average Bonchev–Trinajstić information content (AvgIpc) is 2.60. The maximum absolute atomic E-state index is 12.7. The summed E-state index contributed by atoms with van der Waals surface area (Å²) in [6.45, 7) is 2.79. The lowest BCUT2D eigenvalue weighted by Gasteiger charge is -2.36. The van der Waals surface area contributed by atoms with Crippen molar-refractivity contribution < 1.29 is 14.7 Å². The molecule has 3 rings (SSSR count). The first-order chi connectivity index (χ1) is 10.0. The van der Waals surface area contributed by atoms with Crippen molar-refractivity contribution >= 4 is 23.3 Å². The summed E-state index contributed by atoms with van der Waals surface area (Å²) in [4.78, 5) is 24.0. The third-order valence-electron chi connectivity index (χ3n) is 4.86. The predicted octanol–water partition coefficient (Wildman–Crippen LogP) is 2.95. The molecule has 5 heteroatoms. The number of carbonyl (C=O) groups excluding carboxylic acids is 1. The van der Waals surface area contributed by atoms with Crippen LogP contribution in [-0.4, -0.2) is 23.5 Å². The molecule has 112 valence electrons. The fourth-order valence-electron chi connectivity index (χ4n) is 3.32. The van der Waals surface area contributed by atoms with Gasteiger partial charge in [0.15, 0.2) is 0 Å². The van der Waals surface area contributed by atoms with Crippen molar-refractivity contribution in [1.82, 2.24) is 0 Å². The molecule has 3 N–H and O–H groups in total. The van der Waals surface area contributed by atoms with E-state index in [9.17, 15) is 14.7 Å². The monoisotopic (exact) mass is 288 g/mol. The molecule has 0 unspecified atom stereocenters. The topological polar surface area (TPSA) is 78.4 Å². The fourth-order valence-corrected chi connectivity index (χ4v) is 3.32. The molecule has 1 aliphatic carbocycles. The van der Waals surface area contributed by atoms with Crippen molar-refractivity contribution in [2.24, 2.45) is 11.3 Å². The zero-order valence-corrected chi connectivity index (χ0v) is 12.1. The van der Waals surface area contributed by atoms with E-state index in [2.05, 4.69) is 17.6 Å². The Kier molecular flexibility index (Phi) is 3.35. The van der Waals surface area contributed by atoms with E-state index in [1.807, 2.05) is 6.07 Å². The lowest BCUT2D eigenvalue weighted by molar-refractivity contribution is -0.126. The second-order valence-electron chi connectivity index (χ2n) is 6.30. The van der Waals surface area contributed by atoms with Crippen LogP contribution in [0.1, 0.15) is 43.0 Å². The molecule has 0 bridgehead atoms. The van der Waals surface area contributed by atoms with Crippen molar-refractivity contribution in [3.8, 4) is 0 Å². The van der Waals surface area contributed by atoms with Crippen LogP contribution in [0.2, 0.25) is 0 Å². The second-order valence-corrected chi connectivity index (χ2v) is 6.30. The van der Waals surface area contributed by atoms with E-state index in [-0.39, 0.29) is 11.5 Å². The summed E-state index contributed by atoms with van der Waals surface area (Å²) in [6.07, 6.45) is 3.78. The normalized spacial score (nSPS) is 28.2. The minimum Gasteiger partial charge on any atom is -0.478 e. The molecular formula is C16H20N2O3. The highest BCUT2D eigenvalue weighted by atomic mass is 16.4. The Morgan fingerprint density at radius 3 is 2.71 bits per heavy atom. The third kappa shape index (κ3) is 2.37. The van der Waals surface area contributed by atoms with Crippen LogP contribution in [0.3, 0.4) is 0 Å². The first kappa shape index (κ1) is 13.9. The molecule has 1 aromatic rings. The molecule has 2 aliphatic rings. The number of para-hydroxylation sites is 1. The van der Waals surface area contributed by atoms with Crippen molar-refractivity contribution in [3.63, 3.8) is 0 Å². The van der Waals surface area contributed by atoms with Gasteiger partial charge >= 0.3 is 5.97 Å². The highest BCUT2D eigenvalue weighted by Gasteiger charge is 2.43. The van der Waals surface area contributed by atoms with E-state index in [4.69, 9.17) is 0 Å². The van der Waals surface area contributed by atoms with E-state index in [1.54, 1.807) is 6.07 Å². The van der Waals surface area contributed by atoms with Crippen LogP contribution in [0.4, 0.5) is 11.4 Å². The summed E-state index contributed by atoms with van der Waals surface area (Å²) in [7, 11) is 0. The van der Waals surface area contributed by atoms with Crippen LogP contribution >= 0.6 is 0 Å². The lowest BCUT2D eigenvalue weighted by atomic mass is 9.70. The van der Waals surface area contributed by atoms with Crippen molar-refractivity contribution in [2.45, 2.75) is 32.6 Å². The van der Waals surface area contributed by atoms with Gasteiger partial charge in [-0.2, -0.15) is 0 Å². The number of carbonyl (C=O) groups is 2. The Morgan fingerprint density at radius 1 is 1.33 bits per heavy atom. The van der Waals surface area contributed by atoms with E-state index in [1.165, 1.54) is 6.07 Å². The van der Waals surface area contributed by atoms with Gasteiger partial charge in [-0.1, -0.05) is 13.0 Å². The molecule has 0 aromatic heterocycles. The maximum Gasteiger partial charge on any atom is 0.337 e.